The Labute approximate surface area is 115 Å². The fraction of sp³-hybridized carbons (Fsp3) is 0.471. The van der Waals surface area contributed by atoms with Crippen LogP contribution in [0.3, 0.4) is 0 Å². The number of benzene rings is 1. The van der Waals surface area contributed by atoms with E-state index in [9.17, 15) is 0 Å². The molecule has 1 N–H and O–H groups in total. The van der Waals surface area contributed by atoms with Crippen molar-refractivity contribution in [2.75, 3.05) is 11.9 Å². The van der Waals surface area contributed by atoms with Crippen molar-refractivity contribution in [1.29, 1.82) is 0 Å². The maximum absolute atomic E-state index is 4.24. The summed E-state index contributed by atoms with van der Waals surface area (Å²) in [6, 6.07) is 8.50. The zero-order valence-corrected chi connectivity index (χ0v) is 11.6. The van der Waals surface area contributed by atoms with E-state index in [0.29, 0.717) is 0 Å². The molecule has 1 heterocycles. The Kier molecular flexibility index (Phi) is 3.67. The van der Waals surface area contributed by atoms with Gasteiger partial charge in [-0.05, 0) is 42.2 Å². The highest BCUT2D eigenvalue weighted by Gasteiger charge is 2.18. The van der Waals surface area contributed by atoms with Gasteiger partial charge >= 0.3 is 0 Å². The first-order valence-electron chi connectivity index (χ1n) is 7.39. The normalized spacial score (nSPS) is 23.4. The summed E-state index contributed by atoms with van der Waals surface area (Å²) < 4.78 is 0. The van der Waals surface area contributed by atoms with Crippen molar-refractivity contribution < 1.29 is 0 Å². The average molecular weight is 254 g/mol. The van der Waals surface area contributed by atoms with Gasteiger partial charge in [0.1, 0.15) is 0 Å². The topological polar surface area (TPSA) is 24.9 Å². The van der Waals surface area contributed by atoms with Crippen molar-refractivity contribution in [3.63, 3.8) is 0 Å². The molecule has 0 bridgehead atoms. The molecule has 2 atom stereocenters. The van der Waals surface area contributed by atoms with Crippen LogP contribution in [0, 0.1) is 11.8 Å². The van der Waals surface area contributed by atoms with Crippen LogP contribution >= 0.6 is 0 Å². The molecule has 1 aliphatic carbocycles. The van der Waals surface area contributed by atoms with Crippen LogP contribution in [0.25, 0.3) is 10.8 Å². The summed E-state index contributed by atoms with van der Waals surface area (Å²) in [6.07, 6.45) is 9.37. The third-order valence-electron chi connectivity index (χ3n) is 4.31. The average Bonchev–Trinajstić information content (AvgIpc) is 2.45. The van der Waals surface area contributed by atoms with E-state index < -0.39 is 0 Å². The van der Waals surface area contributed by atoms with Gasteiger partial charge in [-0.25, -0.2) is 0 Å². The summed E-state index contributed by atoms with van der Waals surface area (Å²) in [5.74, 6) is 1.73. The standard InChI is InChI=1S/C17H22N2/c1-13-4-2-5-14(10-13)11-19-17-7-3-6-15-8-9-18-12-16(15)17/h3,6-9,12-14,19H,2,4-5,10-11H2,1H3. The predicted octanol–water partition coefficient (Wildman–Crippen LogP) is 4.47. The van der Waals surface area contributed by atoms with Crippen LogP contribution in [-0.2, 0) is 0 Å². The lowest BCUT2D eigenvalue weighted by molar-refractivity contribution is 0.293. The van der Waals surface area contributed by atoms with Crippen molar-refractivity contribution in [1.82, 2.24) is 4.98 Å². The number of aromatic nitrogens is 1. The van der Waals surface area contributed by atoms with Crippen molar-refractivity contribution in [2.45, 2.75) is 32.6 Å². The fourth-order valence-corrected chi connectivity index (χ4v) is 3.27. The minimum absolute atomic E-state index is 0.829. The molecule has 1 aromatic heterocycles. The van der Waals surface area contributed by atoms with E-state index >= 15 is 0 Å². The van der Waals surface area contributed by atoms with E-state index in [0.717, 1.165) is 18.4 Å². The molecular weight excluding hydrogens is 232 g/mol. The third-order valence-corrected chi connectivity index (χ3v) is 4.31. The molecule has 1 aromatic carbocycles. The summed E-state index contributed by atoms with van der Waals surface area (Å²) in [6.45, 7) is 3.48. The Morgan fingerprint density at radius 2 is 2.21 bits per heavy atom. The Hall–Kier alpha value is -1.57. The van der Waals surface area contributed by atoms with Gasteiger partial charge in [0.25, 0.3) is 0 Å². The van der Waals surface area contributed by atoms with Crippen LogP contribution < -0.4 is 5.32 Å². The smallest absolute Gasteiger partial charge is 0.0435 e. The van der Waals surface area contributed by atoms with E-state index in [-0.39, 0.29) is 0 Å². The van der Waals surface area contributed by atoms with Gasteiger partial charge in [-0.3, -0.25) is 4.98 Å². The lowest BCUT2D eigenvalue weighted by Crippen LogP contribution is -2.21. The molecule has 100 valence electrons. The molecule has 1 fully saturated rings. The molecule has 0 aliphatic heterocycles. The summed E-state index contributed by atoms with van der Waals surface area (Å²) in [4.78, 5) is 4.24. The number of anilines is 1. The number of fused-ring (bicyclic) bond motifs is 1. The van der Waals surface area contributed by atoms with Gasteiger partial charge in [0.2, 0.25) is 0 Å². The monoisotopic (exact) mass is 254 g/mol. The lowest BCUT2D eigenvalue weighted by Gasteiger charge is -2.27. The molecule has 0 radical (unpaired) electrons. The Morgan fingerprint density at radius 3 is 3.11 bits per heavy atom. The number of nitrogens with zero attached hydrogens (tertiary/aromatic N) is 1. The van der Waals surface area contributed by atoms with Crippen LogP contribution in [0.2, 0.25) is 0 Å². The first kappa shape index (κ1) is 12.5. The van der Waals surface area contributed by atoms with Crippen LogP contribution in [0.15, 0.2) is 36.7 Å². The van der Waals surface area contributed by atoms with Crippen LogP contribution in [-0.4, -0.2) is 11.5 Å². The number of rotatable bonds is 3. The fourth-order valence-electron chi connectivity index (χ4n) is 3.27. The minimum atomic E-state index is 0.829. The molecule has 2 heteroatoms. The van der Waals surface area contributed by atoms with Gasteiger partial charge in [-0.2, -0.15) is 0 Å². The quantitative estimate of drug-likeness (QED) is 0.874. The second kappa shape index (κ2) is 5.60. The molecule has 3 rings (SSSR count). The van der Waals surface area contributed by atoms with Crippen molar-refractivity contribution in [3.8, 4) is 0 Å². The van der Waals surface area contributed by atoms with E-state index in [2.05, 4.69) is 41.5 Å². The molecule has 1 aliphatic rings. The Morgan fingerprint density at radius 1 is 1.26 bits per heavy atom. The Bertz CT molecular complexity index is 544. The van der Waals surface area contributed by atoms with Crippen LogP contribution in [0.5, 0.6) is 0 Å². The zero-order valence-electron chi connectivity index (χ0n) is 11.6. The summed E-state index contributed by atoms with van der Waals surface area (Å²) >= 11 is 0. The van der Waals surface area contributed by atoms with Gasteiger partial charge in [0.15, 0.2) is 0 Å². The maximum atomic E-state index is 4.24. The first-order valence-corrected chi connectivity index (χ1v) is 7.39. The second-order valence-corrected chi connectivity index (χ2v) is 5.92. The molecule has 1 saturated carbocycles. The van der Waals surface area contributed by atoms with Crippen molar-refractivity contribution in [2.24, 2.45) is 11.8 Å². The number of nitrogens with one attached hydrogen (secondary N) is 1. The van der Waals surface area contributed by atoms with E-state index in [1.165, 1.54) is 42.1 Å². The van der Waals surface area contributed by atoms with Crippen LogP contribution in [0.4, 0.5) is 5.69 Å². The number of hydrogen-bond acceptors (Lipinski definition) is 2. The molecule has 0 saturated heterocycles. The summed E-state index contributed by atoms with van der Waals surface area (Å²) in [7, 11) is 0. The molecule has 2 nitrogen and oxygen atoms in total. The first-order chi connectivity index (χ1) is 9.33. The number of pyridine rings is 1. The third kappa shape index (κ3) is 2.89. The van der Waals surface area contributed by atoms with Gasteiger partial charge < -0.3 is 5.32 Å². The highest BCUT2D eigenvalue weighted by molar-refractivity contribution is 5.93. The summed E-state index contributed by atoms with van der Waals surface area (Å²) in [5, 5.41) is 6.13. The highest BCUT2D eigenvalue weighted by Crippen LogP contribution is 2.29. The van der Waals surface area contributed by atoms with Crippen LogP contribution in [0.1, 0.15) is 32.6 Å². The maximum Gasteiger partial charge on any atom is 0.0435 e. The second-order valence-electron chi connectivity index (χ2n) is 5.92. The largest absolute Gasteiger partial charge is 0.384 e. The molecule has 0 amide bonds. The highest BCUT2D eigenvalue weighted by atomic mass is 14.9. The van der Waals surface area contributed by atoms with Gasteiger partial charge in [-0.1, -0.05) is 31.9 Å². The molecular formula is C17H22N2. The van der Waals surface area contributed by atoms with Crippen molar-refractivity contribution >= 4 is 16.5 Å². The molecule has 19 heavy (non-hydrogen) atoms. The predicted molar refractivity (Wildman–Crippen MR) is 81.4 cm³/mol. The SMILES string of the molecule is CC1CCCC(CNc2cccc3ccncc23)C1. The number of hydrogen-bond donors (Lipinski definition) is 1. The lowest BCUT2D eigenvalue weighted by atomic mass is 9.82. The van der Waals surface area contributed by atoms with Gasteiger partial charge in [-0.15, -0.1) is 0 Å². The van der Waals surface area contributed by atoms with Gasteiger partial charge in [0, 0.05) is 30.0 Å². The molecule has 2 unspecified atom stereocenters. The summed E-state index contributed by atoms with van der Waals surface area (Å²) in [5.41, 5.74) is 1.23. The van der Waals surface area contributed by atoms with E-state index in [1.54, 1.807) is 0 Å². The van der Waals surface area contributed by atoms with Gasteiger partial charge in [0.05, 0.1) is 0 Å². The molecule has 0 spiro atoms. The Balaban J connectivity index is 1.71. The van der Waals surface area contributed by atoms with Crippen molar-refractivity contribution in [3.05, 3.63) is 36.7 Å². The molecule has 2 aromatic rings. The van der Waals surface area contributed by atoms with E-state index in [4.69, 9.17) is 0 Å². The zero-order chi connectivity index (χ0) is 13.1. The minimum Gasteiger partial charge on any atom is -0.384 e. The van der Waals surface area contributed by atoms with E-state index in [1.807, 2.05) is 12.4 Å².